The highest BCUT2D eigenvalue weighted by molar-refractivity contribution is 5.25. The quantitative estimate of drug-likeness (QED) is 0.776. The largest absolute Gasteiger partial charge is 0.306 e. The number of likely N-dealkylation sites (N-methyl/N-ethyl adjacent to an activating group) is 1. The lowest BCUT2D eigenvalue weighted by Gasteiger charge is -2.28. The number of hydrogen-bond acceptors (Lipinski definition) is 2. The van der Waals surface area contributed by atoms with Gasteiger partial charge in [0.2, 0.25) is 0 Å². The van der Waals surface area contributed by atoms with Crippen molar-refractivity contribution in [2.75, 3.05) is 19.6 Å². The minimum absolute atomic E-state index is 0.543. The van der Waals surface area contributed by atoms with Crippen molar-refractivity contribution < 1.29 is 0 Å². The first-order valence-electron chi connectivity index (χ1n) is 8.19. The number of hydrogen-bond donors (Lipinski definition) is 1. The topological polar surface area (TPSA) is 15.3 Å². The smallest absolute Gasteiger partial charge is 0.0351 e. The summed E-state index contributed by atoms with van der Waals surface area (Å²) in [6.45, 7) is 12.4. The Kier molecular flexibility index (Phi) is 5.62. The lowest BCUT2D eigenvalue weighted by molar-refractivity contribution is 0.257. The van der Waals surface area contributed by atoms with E-state index in [2.05, 4.69) is 62.2 Å². The molecule has 1 aliphatic carbocycles. The Morgan fingerprint density at radius 1 is 1.15 bits per heavy atom. The van der Waals surface area contributed by atoms with Crippen LogP contribution in [0.4, 0.5) is 0 Å². The maximum Gasteiger partial charge on any atom is 0.0351 e. The highest BCUT2D eigenvalue weighted by Gasteiger charge is 2.32. The van der Waals surface area contributed by atoms with E-state index in [-0.39, 0.29) is 0 Å². The molecule has 20 heavy (non-hydrogen) atoms. The minimum atomic E-state index is 0.543. The summed E-state index contributed by atoms with van der Waals surface area (Å²) in [5.41, 5.74) is 2.81. The van der Waals surface area contributed by atoms with E-state index in [1.165, 1.54) is 24.0 Å². The third kappa shape index (κ3) is 4.32. The first kappa shape index (κ1) is 15.5. The fourth-order valence-electron chi connectivity index (χ4n) is 2.94. The molecule has 0 saturated heterocycles. The van der Waals surface area contributed by atoms with Gasteiger partial charge in [0.1, 0.15) is 0 Å². The molecule has 2 atom stereocenters. The Bertz CT molecular complexity index is 390. The van der Waals surface area contributed by atoms with Crippen molar-refractivity contribution in [3.8, 4) is 0 Å². The van der Waals surface area contributed by atoms with Crippen molar-refractivity contribution in [3.05, 3.63) is 35.4 Å². The molecule has 0 spiro atoms. The van der Waals surface area contributed by atoms with Crippen LogP contribution in [0.2, 0.25) is 0 Å². The van der Waals surface area contributed by atoms with Gasteiger partial charge < -0.3 is 10.2 Å². The number of nitrogens with one attached hydrogen (secondary N) is 1. The molecule has 1 aromatic carbocycles. The summed E-state index contributed by atoms with van der Waals surface area (Å²) in [5, 5.41) is 3.87. The second-order valence-corrected chi connectivity index (χ2v) is 6.28. The van der Waals surface area contributed by atoms with Gasteiger partial charge in [-0.15, -0.1) is 0 Å². The van der Waals surface area contributed by atoms with Gasteiger partial charge in [-0.3, -0.25) is 0 Å². The molecule has 1 aromatic rings. The molecule has 0 amide bonds. The molecule has 1 saturated carbocycles. The van der Waals surface area contributed by atoms with Gasteiger partial charge in [0, 0.05) is 18.6 Å². The molecule has 1 aliphatic rings. The normalized spacial score (nSPS) is 18.2. The van der Waals surface area contributed by atoms with Gasteiger partial charge in [0.05, 0.1) is 0 Å². The van der Waals surface area contributed by atoms with Crippen LogP contribution in [-0.4, -0.2) is 30.6 Å². The van der Waals surface area contributed by atoms with Crippen molar-refractivity contribution in [1.82, 2.24) is 10.2 Å². The molecule has 2 unspecified atom stereocenters. The van der Waals surface area contributed by atoms with E-state index in [1.807, 2.05) is 0 Å². The molecule has 2 heteroatoms. The maximum atomic E-state index is 3.87. The zero-order valence-corrected chi connectivity index (χ0v) is 13.5. The first-order valence-corrected chi connectivity index (χ1v) is 8.19. The fraction of sp³-hybridized carbons (Fsp3) is 0.667. The van der Waals surface area contributed by atoms with Crippen LogP contribution in [0.5, 0.6) is 0 Å². The van der Waals surface area contributed by atoms with Crippen LogP contribution in [0.25, 0.3) is 0 Å². The Morgan fingerprint density at radius 2 is 1.75 bits per heavy atom. The van der Waals surface area contributed by atoms with Gasteiger partial charge in [0.15, 0.2) is 0 Å². The van der Waals surface area contributed by atoms with Gasteiger partial charge in [-0.2, -0.15) is 0 Å². The molecule has 1 fully saturated rings. The number of benzene rings is 1. The van der Waals surface area contributed by atoms with Gasteiger partial charge in [-0.1, -0.05) is 43.7 Å². The van der Waals surface area contributed by atoms with E-state index in [4.69, 9.17) is 0 Å². The highest BCUT2D eigenvalue weighted by Crippen LogP contribution is 2.41. The lowest BCUT2D eigenvalue weighted by Crippen LogP contribution is -2.41. The van der Waals surface area contributed by atoms with Crippen molar-refractivity contribution in [1.29, 1.82) is 0 Å². The summed E-state index contributed by atoms with van der Waals surface area (Å²) in [7, 11) is 0. The summed E-state index contributed by atoms with van der Waals surface area (Å²) >= 11 is 0. The Labute approximate surface area is 124 Å². The summed E-state index contributed by atoms with van der Waals surface area (Å²) in [6.07, 6.45) is 2.76. The predicted molar refractivity (Wildman–Crippen MR) is 87.0 cm³/mol. The number of aryl methyl sites for hydroxylation is 1. The van der Waals surface area contributed by atoms with E-state index >= 15 is 0 Å². The van der Waals surface area contributed by atoms with Crippen molar-refractivity contribution in [2.24, 2.45) is 5.92 Å². The van der Waals surface area contributed by atoms with Gasteiger partial charge in [-0.05, 0) is 51.3 Å². The molecule has 0 heterocycles. The Balaban J connectivity index is 1.97. The maximum absolute atomic E-state index is 3.87. The van der Waals surface area contributed by atoms with Gasteiger partial charge >= 0.3 is 0 Å². The SMILES string of the molecule is CCN(CC)CC(C)NC(c1ccc(C)cc1)C1CC1. The van der Waals surface area contributed by atoms with Crippen LogP contribution in [0.3, 0.4) is 0 Å². The first-order chi connectivity index (χ1) is 9.63. The number of rotatable bonds is 8. The average Bonchev–Trinajstić information content (AvgIpc) is 3.28. The zero-order chi connectivity index (χ0) is 14.5. The Hall–Kier alpha value is -0.860. The Morgan fingerprint density at radius 3 is 2.25 bits per heavy atom. The van der Waals surface area contributed by atoms with E-state index in [9.17, 15) is 0 Å². The molecule has 2 rings (SSSR count). The van der Waals surface area contributed by atoms with Gasteiger partial charge in [-0.25, -0.2) is 0 Å². The molecule has 0 bridgehead atoms. The molecular formula is C18H30N2. The second-order valence-electron chi connectivity index (χ2n) is 6.28. The van der Waals surface area contributed by atoms with E-state index < -0.39 is 0 Å². The van der Waals surface area contributed by atoms with E-state index in [0.29, 0.717) is 12.1 Å². The highest BCUT2D eigenvalue weighted by atomic mass is 15.1. The lowest BCUT2D eigenvalue weighted by atomic mass is 10.00. The van der Waals surface area contributed by atoms with Gasteiger partial charge in [0.25, 0.3) is 0 Å². The molecule has 0 aromatic heterocycles. The van der Waals surface area contributed by atoms with Crippen LogP contribution in [-0.2, 0) is 0 Å². The predicted octanol–water partition coefficient (Wildman–Crippen LogP) is 3.77. The minimum Gasteiger partial charge on any atom is -0.306 e. The van der Waals surface area contributed by atoms with Crippen molar-refractivity contribution in [2.45, 2.75) is 52.6 Å². The molecule has 1 N–H and O–H groups in total. The molecule has 0 radical (unpaired) electrons. The molecule has 0 aliphatic heterocycles. The van der Waals surface area contributed by atoms with Crippen LogP contribution >= 0.6 is 0 Å². The summed E-state index contributed by atoms with van der Waals surface area (Å²) < 4.78 is 0. The third-order valence-corrected chi connectivity index (χ3v) is 4.42. The van der Waals surface area contributed by atoms with E-state index in [1.54, 1.807) is 0 Å². The molecule has 112 valence electrons. The third-order valence-electron chi connectivity index (χ3n) is 4.42. The molecule has 2 nitrogen and oxygen atoms in total. The summed E-state index contributed by atoms with van der Waals surface area (Å²) in [4.78, 5) is 2.50. The molecular weight excluding hydrogens is 244 g/mol. The average molecular weight is 274 g/mol. The van der Waals surface area contributed by atoms with Crippen molar-refractivity contribution >= 4 is 0 Å². The van der Waals surface area contributed by atoms with Crippen LogP contribution in [0.1, 0.15) is 50.8 Å². The van der Waals surface area contributed by atoms with Crippen LogP contribution in [0.15, 0.2) is 24.3 Å². The number of nitrogens with zero attached hydrogens (tertiary/aromatic N) is 1. The van der Waals surface area contributed by atoms with Crippen LogP contribution in [0, 0.1) is 12.8 Å². The summed E-state index contributed by atoms with van der Waals surface area (Å²) in [5.74, 6) is 0.844. The fourth-order valence-corrected chi connectivity index (χ4v) is 2.94. The zero-order valence-electron chi connectivity index (χ0n) is 13.5. The van der Waals surface area contributed by atoms with Crippen molar-refractivity contribution in [3.63, 3.8) is 0 Å². The van der Waals surface area contributed by atoms with Crippen LogP contribution < -0.4 is 5.32 Å². The monoisotopic (exact) mass is 274 g/mol. The second kappa shape index (κ2) is 7.24. The van der Waals surface area contributed by atoms with E-state index in [0.717, 1.165) is 25.6 Å². The standard InChI is InChI=1S/C18H30N2/c1-5-20(6-2)13-15(4)19-18(17-11-12-17)16-9-7-14(3)8-10-16/h7-10,15,17-19H,5-6,11-13H2,1-4H3. The summed E-state index contributed by atoms with van der Waals surface area (Å²) in [6, 6.07) is 10.2.